The van der Waals surface area contributed by atoms with Crippen LogP contribution in [0.2, 0.25) is 0 Å². The Labute approximate surface area is 167 Å². The lowest BCUT2D eigenvalue weighted by molar-refractivity contribution is -0.120. The molecule has 3 aromatic rings. The minimum atomic E-state index is -0.845. The summed E-state index contributed by atoms with van der Waals surface area (Å²) in [4.78, 5) is 27.5. The van der Waals surface area contributed by atoms with Gasteiger partial charge in [0.25, 0.3) is 11.8 Å². The summed E-state index contributed by atoms with van der Waals surface area (Å²) in [5.74, 6) is -0.946. The predicted octanol–water partition coefficient (Wildman–Crippen LogP) is 3.07. The van der Waals surface area contributed by atoms with Crippen LogP contribution in [0.15, 0.2) is 48.5 Å². The van der Waals surface area contributed by atoms with Gasteiger partial charge in [-0.1, -0.05) is 29.8 Å². The molecule has 2 amide bonds. The number of H-pyrrole nitrogens is 1. The lowest BCUT2D eigenvalue weighted by atomic mass is 9.81. The fourth-order valence-corrected chi connectivity index (χ4v) is 3.86. The number of hydrogen-bond acceptors (Lipinski definition) is 3. The van der Waals surface area contributed by atoms with Crippen molar-refractivity contribution in [2.45, 2.75) is 25.8 Å². The van der Waals surface area contributed by atoms with Crippen LogP contribution < -0.4 is 10.2 Å². The SMILES string of the molecule is Cc1cccc(C(=O)N[C@@H]2C(=O)N(C)c3n[nH]c(C)c3[C@@H]2c2ccc(F)cc2)c1. The average molecular weight is 392 g/mol. The fraction of sp³-hybridized carbons (Fsp3) is 0.227. The van der Waals surface area contributed by atoms with Crippen molar-refractivity contribution in [1.82, 2.24) is 15.5 Å². The Morgan fingerprint density at radius 2 is 1.90 bits per heavy atom. The van der Waals surface area contributed by atoms with Crippen LogP contribution in [-0.2, 0) is 4.79 Å². The van der Waals surface area contributed by atoms with Crippen LogP contribution in [0, 0.1) is 19.7 Å². The Bertz CT molecular complexity index is 1090. The number of hydrogen-bond donors (Lipinski definition) is 2. The van der Waals surface area contributed by atoms with Gasteiger partial charge in [-0.15, -0.1) is 0 Å². The van der Waals surface area contributed by atoms with Crippen molar-refractivity contribution < 1.29 is 14.0 Å². The molecule has 2 aromatic carbocycles. The van der Waals surface area contributed by atoms with E-state index in [0.29, 0.717) is 11.4 Å². The summed E-state index contributed by atoms with van der Waals surface area (Å²) < 4.78 is 13.5. The molecule has 2 heterocycles. The smallest absolute Gasteiger partial charge is 0.251 e. The normalized spacial score (nSPS) is 18.5. The zero-order chi connectivity index (χ0) is 20.7. The lowest BCUT2D eigenvalue weighted by Gasteiger charge is -2.36. The van der Waals surface area contributed by atoms with E-state index in [1.807, 2.05) is 19.9 Å². The van der Waals surface area contributed by atoms with E-state index in [1.54, 1.807) is 37.4 Å². The van der Waals surface area contributed by atoms with Gasteiger partial charge in [-0.25, -0.2) is 4.39 Å². The number of halogens is 1. The number of aryl methyl sites for hydroxylation is 2. The summed E-state index contributed by atoms with van der Waals surface area (Å²) in [6.45, 7) is 3.77. The Hall–Kier alpha value is -3.48. The van der Waals surface area contributed by atoms with Gasteiger partial charge < -0.3 is 5.32 Å². The van der Waals surface area contributed by atoms with Crippen molar-refractivity contribution in [1.29, 1.82) is 0 Å². The number of nitrogens with zero attached hydrogens (tertiary/aromatic N) is 2. The quantitative estimate of drug-likeness (QED) is 0.719. The second-order valence-corrected chi connectivity index (χ2v) is 7.33. The molecule has 1 aliphatic rings. The van der Waals surface area contributed by atoms with Gasteiger partial charge in [-0.3, -0.25) is 19.6 Å². The predicted molar refractivity (Wildman–Crippen MR) is 107 cm³/mol. The minimum Gasteiger partial charge on any atom is -0.339 e. The second kappa shape index (κ2) is 7.16. The Kier molecular flexibility index (Phi) is 4.66. The van der Waals surface area contributed by atoms with E-state index in [-0.39, 0.29) is 17.6 Å². The number of nitrogens with one attached hydrogen (secondary N) is 2. The highest BCUT2D eigenvalue weighted by Gasteiger charge is 2.43. The summed E-state index contributed by atoms with van der Waals surface area (Å²) in [5.41, 5.74) is 3.77. The molecule has 0 saturated heterocycles. The maximum absolute atomic E-state index is 13.5. The summed E-state index contributed by atoms with van der Waals surface area (Å²) >= 11 is 0. The number of carbonyl (C=O) groups is 2. The van der Waals surface area contributed by atoms with Crippen LogP contribution in [0.5, 0.6) is 0 Å². The Balaban J connectivity index is 1.79. The molecule has 29 heavy (non-hydrogen) atoms. The van der Waals surface area contributed by atoms with Gasteiger partial charge in [0.15, 0.2) is 5.82 Å². The van der Waals surface area contributed by atoms with Crippen molar-refractivity contribution in [3.05, 3.63) is 82.3 Å². The lowest BCUT2D eigenvalue weighted by Crippen LogP contribution is -2.54. The van der Waals surface area contributed by atoms with Crippen LogP contribution in [-0.4, -0.2) is 35.1 Å². The molecule has 0 spiro atoms. The third-order valence-electron chi connectivity index (χ3n) is 5.33. The average Bonchev–Trinajstić information content (AvgIpc) is 3.08. The number of aromatic nitrogens is 2. The Morgan fingerprint density at radius 3 is 2.59 bits per heavy atom. The molecule has 0 bridgehead atoms. The molecular formula is C22H21FN4O2. The molecule has 2 atom stereocenters. The number of anilines is 1. The van der Waals surface area contributed by atoms with Crippen LogP contribution in [0.1, 0.15) is 38.7 Å². The zero-order valence-corrected chi connectivity index (χ0v) is 16.4. The molecule has 4 rings (SSSR count). The summed E-state index contributed by atoms with van der Waals surface area (Å²) in [5, 5.41) is 10.1. The number of likely N-dealkylation sites (N-methyl/N-ethyl adjacent to an activating group) is 1. The number of benzene rings is 2. The summed E-state index contributed by atoms with van der Waals surface area (Å²) in [7, 11) is 1.63. The molecule has 1 aromatic heterocycles. The number of amides is 2. The highest BCUT2D eigenvalue weighted by molar-refractivity contribution is 6.04. The van der Waals surface area contributed by atoms with Crippen molar-refractivity contribution >= 4 is 17.6 Å². The van der Waals surface area contributed by atoms with E-state index in [1.165, 1.54) is 17.0 Å². The third-order valence-corrected chi connectivity index (χ3v) is 5.33. The number of fused-ring (bicyclic) bond motifs is 1. The Morgan fingerprint density at radius 1 is 1.17 bits per heavy atom. The number of rotatable bonds is 3. The summed E-state index contributed by atoms with van der Waals surface area (Å²) in [6, 6.07) is 12.3. The topological polar surface area (TPSA) is 78.1 Å². The van der Waals surface area contributed by atoms with Gasteiger partial charge in [0, 0.05) is 29.8 Å². The van der Waals surface area contributed by atoms with E-state index in [0.717, 1.165) is 22.4 Å². The van der Waals surface area contributed by atoms with Crippen LogP contribution in [0.4, 0.5) is 10.2 Å². The molecule has 0 saturated carbocycles. The summed E-state index contributed by atoms with van der Waals surface area (Å²) in [6.07, 6.45) is 0. The van der Waals surface area contributed by atoms with Crippen molar-refractivity contribution in [2.24, 2.45) is 0 Å². The van der Waals surface area contributed by atoms with E-state index in [2.05, 4.69) is 15.5 Å². The highest BCUT2D eigenvalue weighted by atomic mass is 19.1. The molecule has 7 heteroatoms. The van der Waals surface area contributed by atoms with Crippen LogP contribution in [0.25, 0.3) is 0 Å². The molecular weight excluding hydrogens is 371 g/mol. The van der Waals surface area contributed by atoms with Gasteiger partial charge in [0.05, 0.1) is 0 Å². The van der Waals surface area contributed by atoms with E-state index in [4.69, 9.17) is 0 Å². The minimum absolute atomic E-state index is 0.278. The third kappa shape index (κ3) is 3.29. The maximum atomic E-state index is 13.5. The highest BCUT2D eigenvalue weighted by Crippen LogP contribution is 2.40. The molecule has 1 aliphatic heterocycles. The maximum Gasteiger partial charge on any atom is 0.251 e. The molecule has 0 fully saturated rings. The van der Waals surface area contributed by atoms with Gasteiger partial charge in [0.2, 0.25) is 0 Å². The molecule has 148 valence electrons. The van der Waals surface area contributed by atoms with Gasteiger partial charge in [-0.05, 0) is 43.7 Å². The largest absolute Gasteiger partial charge is 0.339 e. The first kappa shape index (κ1) is 18.9. The van der Waals surface area contributed by atoms with Crippen molar-refractivity contribution in [2.75, 3.05) is 11.9 Å². The van der Waals surface area contributed by atoms with E-state index < -0.39 is 12.0 Å². The first-order valence-electron chi connectivity index (χ1n) is 9.32. The van der Waals surface area contributed by atoms with Crippen molar-refractivity contribution in [3.8, 4) is 0 Å². The van der Waals surface area contributed by atoms with Gasteiger partial charge in [-0.2, -0.15) is 5.10 Å². The first-order chi connectivity index (χ1) is 13.9. The molecule has 0 unspecified atom stereocenters. The van der Waals surface area contributed by atoms with E-state index in [9.17, 15) is 14.0 Å². The van der Waals surface area contributed by atoms with Crippen LogP contribution in [0.3, 0.4) is 0 Å². The monoisotopic (exact) mass is 392 g/mol. The molecule has 0 aliphatic carbocycles. The van der Waals surface area contributed by atoms with Crippen LogP contribution >= 0.6 is 0 Å². The van der Waals surface area contributed by atoms with Gasteiger partial charge >= 0.3 is 0 Å². The molecule has 2 N–H and O–H groups in total. The van der Waals surface area contributed by atoms with Crippen molar-refractivity contribution in [3.63, 3.8) is 0 Å². The molecule has 6 nitrogen and oxygen atoms in total. The standard InChI is InChI=1S/C22H21FN4O2/c1-12-5-4-6-15(11-12)21(28)24-19-18(14-7-9-16(23)10-8-14)17-13(2)25-26-20(17)27(3)22(19)29/h4-11,18-19H,1-3H3,(H,24,28)(H,25,26)/t18-,19-/m0/s1. The fourth-order valence-electron chi connectivity index (χ4n) is 3.86. The second-order valence-electron chi connectivity index (χ2n) is 7.33. The first-order valence-corrected chi connectivity index (χ1v) is 9.32. The number of aromatic amines is 1. The molecule has 0 radical (unpaired) electrons. The zero-order valence-electron chi connectivity index (χ0n) is 16.4. The van der Waals surface area contributed by atoms with Gasteiger partial charge in [0.1, 0.15) is 11.9 Å². The number of carbonyl (C=O) groups excluding carboxylic acids is 2. The van der Waals surface area contributed by atoms with E-state index >= 15 is 0 Å².